The number of hydrogen-bond donors (Lipinski definition) is 3. The van der Waals surface area contributed by atoms with Gasteiger partial charge in [0.2, 0.25) is 11.8 Å². The van der Waals surface area contributed by atoms with Crippen molar-refractivity contribution < 1.29 is 14.6 Å². The van der Waals surface area contributed by atoms with Crippen LogP contribution in [0.1, 0.15) is 42.5 Å². The van der Waals surface area contributed by atoms with Gasteiger partial charge in [-0.25, -0.2) is 15.0 Å². The lowest BCUT2D eigenvalue weighted by atomic mass is 9.83. The second-order valence-electron chi connectivity index (χ2n) is 9.23. The molecule has 5 rings (SSSR count). The molecule has 9 nitrogen and oxygen atoms in total. The smallest absolute Gasteiger partial charge is 0.238 e. The molecule has 9 heteroatoms. The van der Waals surface area contributed by atoms with E-state index in [1.54, 1.807) is 19.4 Å². The van der Waals surface area contributed by atoms with Gasteiger partial charge < -0.3 is 25.2 Å². The summed E-state index contributed by atoms with van der Waals surface area (Å²) in [6, 6.07) is 11.8. The molecule has 0 bridgehead atoms. The third kappa shape index (κ3) is 4.63. The van der Waals surface area contributed by atoms with Crippen molar-refractivity contribution in [2.45, 2.75) is 31.1 Å². The van der Waals surface area contributed by atoms with E-state index < -0.39 is 5.41 Å². The Morgan fingerprint density at radius 3 is 2.83 bits per heavy atom. The van der Waals surface area contributed by atoms with Gasteiger partial charge in [0.05, 0.1) is 30.2 Å². The maximum absolute atomic E-state index is 9.98. The largest absolute Gasteiger partial charge is 0.474 e. The lowest BCUT2D eigenvalue weighted by Gasteiger charge is -2.21. The number of pyridine rings is 1. The van der Waals surface area contributed by atoms with E-state index in [9.17, 15) is 10.4 Å². The van der Waals surface area contributed by atoms with Gasteiger partial charge in [-0.1, -0.05) is 6.92 Å². The first kappa shape index (κ1) is 23.0. The molecule has 1 aromatic carbocycles. The molecule has 1 aliphatic heterocycles. The number of nitrogens with zero attached hydrogens (tertiary/aromatic N) is 4. The van der Waals surface area contributed by atoms with Crippen molar-refractivity contribution in [3.63, 3.8) is 0 Å². The number of methoxy groups -OCH3 is 1. The zero-order chi connectivity index (χ0) is 24.4. The van der Waals surface area contributed by atoms with E-state index in [1.165, 1.54) is 0 Å². The van der Waals surface area contributed by atoms with Gasteiger partial charge in [-0.15, -0.1) is 0 Å². The number of aliphatic hydroxyl groups excluding tert-OH is 1. The standard InChI is InChI=1S/C26H28N6O3/c1-26(15-33)14-29-23-18(13-27)11-17(12-19(23)26)21-7-8-28-25(31-21)32-22-6-5-20(16-3-4-16)30-24(22)35-10-9-34-2/h5-8,11-12,16,29,33H,3-4,9-10,14-15H2,1-2H3,(H,28,31,32)/t26-/m1/s1. The minimum Gasteiger partial charge on any atom is -0.474 e. The topological polar surface area (TPSA) is 125 Å². The van der Waals surface area contributed by atoms with Crippen molar-refractivity contribution in [1.29, 1.82) is 5.26 Å². The molecule has 1 atom stereocenters. The first-order valence-corrected chi connectivity index (χ1v) is 11.7. The van der Waals surface area contributed by atoms with Crippen molar-refractivity contribution in [1.82, 2.24) is 15.0 Å². The highest BCUT2D eigenvalue weighted by Crippen LogP contribution is 2.42. The summed E-state index contributed by atoms with van der Waals surface area (Å²) in [6.07, 6.45) is 3.97. The van der Waals surface area contributed by atoms with Crippen LogP contribution in [0.3, 0.4) is 0 Å². The van der Waals surface area contributed by atoms with Crippen LogP contribution >= 0.6 is 0 Å². The van der Waals surface area contributed by atoms with Gasteiger partial charge >= 0.3 is 0 Å². The molecule has 0 spiro atoms. The number of hydrogen-bond acceptors (Lipinski definition) is 9. The predicted octanol–water partition coefficient (Wildman–Crippen LogP) is 3.73. The lowest BCUT2D eigenvalue weighted by molar-refractivity contribution is 0.144. The van der Waals surface area contributed by atoms with Crippen LogP contribution in [0.4, 0.5) is 17.3 Å². The SMILES string of the molecule is COCCOc1nc(C2CC2)ccc1Nc1nccc(-c2cc(C#N)c3c(c2)[C@@](C)(CO)CN3)n1. The highest BCUT2D eigenvalue weighted by atomic mass is 16.5. The van der Waals surface area contributed by atoms with Gasteiger partial charge in [0, 0.05) is 42.4 Å². The van der Waals surface area contributed by atoms with Gasteiger partial charge in [-0.2, -0.15) is 5.26 Å². The highest BCUT2D eigenvalue weighted by Gasteiger charge is 2.36. The predicted molar refractivity (Wildman–Crippen MR) is 132 cm³/mol. The molecule has 3 N–H and O–H groups in total. The van der Waals surface area contributed by atoms with Crippen molar-refractivity contribution >= 4 is 17.3 Å². The van der Waals surface area contributed by atoms with Gasteiger partial charge in [-0.3, -0.25) is 0 Å². The first-order chi connectivity index (χ1) is 17.0. The average Bonchev–Trinajstić information content (AvgIpc) is 3.68. The van der Waals surface area contributed by atoms with Crippen molar-refractivity contribution in [2.24, 2.45) is 0 Å². The highest BCUT2D eigenvalue weighted by molar-refractivity contribution is 5.76. The van der Waals surface area contributed by atoms with Gasteiger partial charge in [0.1, 0.15) is 18.4 Å². The molecule has 1 fully saturated rings. The number of aromatic nitrogens is 3. The van der Waals surface area contributed by atoms with Crippen LogP contribution in [0.5, 0.6) is 5.88 Å². The van der Waals surface area contributed by atoms with Gasteiger partial charge in [0.15, 0.2) is 0 Å². The third-order valence-electron chi connectivity index (χ3n) is 6.51. The van der Waals surface area contributed by atoms with Crippen molar-refractivity contribution in [3.05, 3.63) is 53.3 Å². The van der Waals surface area contributed by atoms with Crippen molar-refractivity contribution in [2.75, 3.05) is 44.1 Å². The molecule has 180 valence electrons. The Balaban J connectivity index is 1.46. The molecular weight excluding hydrogens is 444 g/mol. The monoisotopic (exact) mass is 472 g/mol. The van der Waals surface area contributed by atoms with E-state index in [-0.39, 0.29) is 6.61 Å². The summed E-state index contributed by atoms with van der Waals surface area (Å²) in [7, 11) is 1.63. The third-order valence-corrected chi connectivity index (χ3v) is 6.51. The Kier molecular flexibility index (Phi) is 6.24. The number of nitriles is 1. The van der Waals surface area contributed by atoms with Crippen LogP contribution in [0, 0.1) is 11.3 Å². The zero-order valence-corrected chi connectivity index (χ0v) is 19.8. The van der Waals surface area contributed by atoms with E-state index >= 15 is 0 Å². The second-order valence-corrected chi connectivity index (χ2v) is 9.23. The second kappa shape index (κ2) is 9.49. The fourth-order valence-electron chi connectivity index (χ4n) is 4.25. The van der Waals surface area contributed by atoms with Crippen LogP contribution in [0.15, 0.2) is 36.5 Å². The fraction of sp³-hybridized carbons (Fsp3) is 0.385. The van der Waals surface area contributed by atoms with Crippen LogP contribution in [-0.2, 0) is 10.2 Å². The Morgan fingerprint density at radius 1 is 1.23 bits per heavy atom. The fourth-order valence-corrected chi connectivity index (χ4v) is 4.25. The first-order valence-electron chi connectivity index (χ1n) is 11.7. The Labute approximate surface area is 204 Å². The molecule has 1 aliphatic carbocycles. The number of rotatable bonds is 9. The summed E-state index contributed by atoms with van der Waals surface area (Å²) >= 11 is 0. The maximum atomic E-state index is 9.98. The van der Waals surface area contributed by atoms with Gasteiger partial charge in [-0.05, 0) is 48.7 Å². The molecule has 3 aromatic rings. The van der Waals surface area contributed by atoms with E-state index in [2.05, 4.69) is 21.7 Å². The van der Waals surface area contributed by atoms with E-state index in [0.717, 1.165) is 35.3 Å². The molecular formula is C26H28N6O3. The van der Waals surface area contributed by atoms with Crippen LogP contribution < -0.4 is 15.4 Å². The number of nitrogens with one attached hydrogen (secondary N) is 2. The van der Waals surface area contributed by atoms with Crippen molar-refractivity contribution in [3.8, 4) is 23.2 Å². The minimum atomic E-state index is -0.464. The molecule has 0 unspecified atom stereocenters. The Morgan fingerprint density at radius 2 is 2.09 bits per heavy atom. The summed E-state index contributed by atoms with van der Waals surface area (Å²) in [5.41, 5.74) is 4.90. The summed E-state index contributed by atoms with van der Waals surface area (Å²) in [4.78, 5) is 13.8. The number of benzene rings is 1. The van der Waals surface area contributed by atoms with Crippen LogP contribution in [-0.4, -0.2) is 53.5 Å². The molecule has 1 saturated carbocycles. The molecule has 3 heterocycles. The van der Waals surface area contributed by atoms with Crippen LogP contribution in [0.25, 0.3) is 11.3 Å². The normalized spacial score (nSPS) is 18.5. The number of ether oxygens (including phenoxy) is 2. The van der Waals surface area contributed by atoms with E-state index in [4.69, 9.17) is 19.4 Å². The number of aliphatic hydroxyl groups is 1. The minimum absolute atomic E-state index is 0.0202. The van der Waals surface area contributed by atoms with E-state index in [1.807, 2.05) is 31.2 Å². The van der Waals surface area contributed by atoms with Gasteiger partial charge in [0.25, 0.3) is 0 Å². The average molecular weight is 473 g/mol. The molecule has 2 aliphatic rings. The maximum Gasteiger partial charge on any atom is 0.238 e. The molecule has 0 radical (unpaired) electrons. The summed E-state index contributed by atoms with van der Waals surface area (Å²) < 4.78 is 11.0. The molecule has 0 amide bonds. The summed E-state index contributed by atoms with van der Waals surface area (Å²) in [5.74, 6) is 1.39. The number of anilines is 3. The molecule has 0 saturated heterocycles. The lowest BCUT2D eigenvalue weighted by Crippen LogP contribution is -2.28. The summed E-state index contributed by atoms with van der Waals surface area (Å²) in [5, 5.41) is 26.2. The molecule has 2 aromatic heterocycles. The van der Waals surface area contributed by atoms with Crippen LogP contribution in [0.2, 0.25) is 0 Å². The molecule has 35 heavy (non-hydrogen) atoms. The Hall–Kier alpha value is -3.74. The Bertz CT molecular complexity index is 1290. The number of fused-ring (bicyclic) bond motifs is 1. The van der Waals surface area contributed by atoms with E-state index in [0.29, 0.717) is 54.4 Å². The summed E-state index contributed by atoms with van der Waals surface area (Å²) in [6.45, 7) is 3.38. The zero-order valence-electron chi connectivity index (χ0n) is 19.8. The quantitative estimate of drug-likeness (QED) is 0.399.